The molecule has 0 aliphatic carbocycles. The van der Waals surface area contributed by atoms with Crippen LogP contribution in [-0.2, 0) is 14.6 Å². The molecule has 0 aromatic heterocycles. The first kappa shape index (κ1) is 18.8. The van der Waals surface area contributed by atoms with E-state index in [-0.39, 0.29) is 16.8 Å². The Morgan fingerprint density at radius 2 is 2.07 bits per heavy atom. The van der Waals surface area contributed by atoms with Gasteiger partial charge in [0, 0.05) is 23.7 Å². The molecular formula is C20H22N2O5S. The van der Waals surface area contributed by atoms with E-state index in [1.165, 1.54) is 0 Å². The third-order valence-electron chi connectivity index (χ3n) is 5.02. The van der Waals surface area contributed by atoms with Gasteiger partial charge in [0.1, 0.15) is 11.9 Å². The number of sulfone groups is 1. The molecule has 1 N–H and O–H groups in total. The highest BCUT2D eigenvalue weighted by molar-refractivity contribution is 7.91. The number of aryl methyl sites for hydroxylation is 1. The number of rotatable bonds is 5. The first-order chi connectivity index (χ1) is 13.4. The zero-order valence-electron chi connectivity index (χ0n) is 15.8. The van der Waals surface area contributed by atoms with Gasteiger partial charge < -0.3 is 14.7 Å². The predicted molar refractivity (Wildman–Crippen MR) is 104 cm³/mol. The standard InChI is InChI=1S/C20H22N2O5S/c1-3-28(24,25)15-4-5-19(27-14-7-9-26-12-14)18(11-15)17-10-13(2)22(23)20-16(17)6-8-21-20/h4-6,8,10-11,14,23H,3,7,9,12H2,1-2H3. The summed E-state index contributed by atoms with van der Waals surface area (Å²) in [5.74, 6) is 1.01. The van der Waals surface area contributed by atoms with Crippen molar-refractivity contribution in [2.75, 3.05) is 19.0 Å². The molecule has 1 unspecified atom stereocenters. The first-order valence-electron chi connectivity index (χ1n) is 9.18. The van der Waals surface area contributed by atoms with E-state index in [2.05, 4.69) is 4.98 Å². The minimum atomic E-state index is -3.38. The second-order valence-corrected chi connectivity index (χ2v) is 9.14. The van der Waals surface area contributed by atoms with Crippen LogP contribution in [0.25, 0.3) is 22.5 Å². The second-order valence-electron chi connectivity index (χ2n) is 6.86. The summed E-state index contributed by atoms with van der Waals surface area (Å²) in [4.78, 5) is 4.46. The lowest BCUT2D eigenvalue weighted by molar-refractivity contribution is 0.141. The van der Waals surface area contributed by atoms with E-state index >= 15 is 0 Å². The molecule has 0 saturated carbocycles. The number of nitrogens with zero attached hydrogens (tertiary/aromatic N) is 2. The van der Waals surface area contributed by atoms with Crippen LogP contribution in [0.4, 0.5) is 0 Å². The van der Waals surface area contributed by atoms with Crippen molar-refractivity contribution in [2.24, 2.45) is 0 Å². The van der Waals surface area contributed by atoms with E-state index in [1.807, 2.05) is 0 Å². The topological polar surface area (TPSA) is 90.7 Å². The number of hydrogen-bond donors (Lipinski definition) is 1. The van der Waals surface area contributed by atoms with Crippen molar-refractivity contribution in [1.29, 1.82) is 0 Å². The summed E-state index contributed by atoms with van der Waals surface area (Å²) in [6.07, 6.45) is 2.32. The van der Waals surface area contributed by atoms with Gasteiger partial charge >= 0.3 is 0 Å². The van der Waals surface area contributed by atoms with Crippen molar-refractivity contribution in [3.05, 3.63) is 42.2 Å². The van der Waals surface area contributed by atoms with E-state index in [0.29, 0.717) is 41.6 Å². The molecule has 1 fully saturated rings. The Bertz CT molecular complexity index is 1080. The highest BCUT2D eigenvalue weighted by Gasteiger charge is 2.24. The average Bonchev–Trinajstić information content (AvgIpc) is 3.37. The molecule has 3 aliphatic heterocycles. The van der Waals surface area contributed by atoms with Crippen LogP contribution >= 0.6 is 0 Å². The molecular weight excluding hydrogens is 380 g/mol. The lowest BCUT2D eigenvalue weighted by atomic mass is 9.98. The summed E-state index contributed by atoms with van der Waals surface area (Å²) in [7, 11) is -3.38. The van der Waals surface area contributed by atoms with Gasteiger partial charge in [-0.2, -0.15) is 4.73 Å². The third-order valence-corrected chi connectivity index (χ3v) is 6.75. The van der Waals surface area contributed by atoms with E-state index in [4.69, 9.17) is 9.47 Å². The molecule has 1 atom stereocenters. The van der Waals surface area contributed by atoms with Crippen LogP contribution < -0.4 is 4.74 Å². The molecule has 1 saturated heterocycles. The zero-order chi connectivity index (χ0) is 19.9. The first-order valence-corrected chi connectivity index (χ1v) is 10.8. The maximum atomic E-state index is 12.5. The predicted octanol–water partition coefficient (Wildman–Crippen LogP) is 3.16. The van der Waals surface area contributed by atoms with Crippen LogP contribution in [0.3, 0.4) is 0 Å². The largest absolute Gasteiger partial charge is 0.487 e. The Morgan fingerprint density at radius 1 is 1.25 bits per heavy atom. The van der Waals surface area contributed by atoms with Gasteiger partial charge in [-0.15, -0.1) is 0 Å². The molecule has 1 aromatic carbocycles. The second kappa shape index (κ2) is 7.10. The van der Waals surface area contributed by atoms with E-state index in [0.717, 1.165) is 16.7 Å². The molecule has 0 spiro atoms. The van der Waals surface area contributed by atoms with Gasteiger partial charge in [0.15, 0.2) is 15.7 Å². The molecule has 3 heterocycles. The molecule has 7 nitrogen and oxygen atoms in total. The molecule has 1 aromatic rings. The van der Waals surface area contributed by atoms with Gasteiger partial charge in [-0.05, 0) is 42.8 Å². The van der Waals surface area contributed by atoms with Gasteiger partial charge in [0.05, 0.1) is 29.6 Å². The maximum absolute atomic E-state index is 12.5. The zero-order valence-corrected chi connectivity index (χ0v) is 16.6. The summed E-state index contributed by atoms with van der Waals surface area (Å²) in [5.41, 5.74) is 2.72. The number of aromatic nitrogens is 2. The quantitative estimate of drug-likeness (QED) is 0.659. The normalized spacial score (nSPS) is 17.3. The fraction of sp³-hybridized carbons (Fsp3) is 0.350. The molecule has 4 rings (SSSR count). The van der Waals surface area contributed by atoms with Crippen LogP contribution in [0.15, 0.2) is 41.4 Å². The summed E-state index contributed by atoms with van der Waals surface area (Å²) in [6, 6.07) is 8.52. The van der Waals surface area contributed by atoms with Gasteiger partial charge in [-0.3, -0.25) is 0 Å². The minimum absolute atomic E-state index is 0.0148. The fourth-order valence-electron chi connectivity index (χ4n) is 3.41. The summed E-state index contributed by atoms with van der Waals surface area (Å²) >= 11 is 0. The van der Waals surface area contributed by atoms with E-state index in [1.54, 1.807) is 50.4 Å². The molecule has 28 heavy (non-hydrogen) atoms. The lowest BCUT2D eigenvalue weighted by Gasteiger charge is -2.20. The number of hydrogen-bond acceptors (Lipinski definition) is 6. The highest BCUT2D eigenvalue weighted by atomic mass is 32.2. The smallest absolute Gasteiger partial charge is 0.178 e. The van der Waals surface area contributed by atoms with E-state index in [9.17, 15) is 13.6 Å². The van der Waals surface area contributed by atoms with Crippen molar-refractivity contribution < 1.29 is 23.1 Å². The van der Waals surface area contributed by atoms with Crippen molar-refractivity contribution >= 4 is 9.84 Å². The van der Waals surface area contributed by atoms with Crippen LogP contribution in [-0.4, -0.2) is 48.4 Å². The van der Waals surface area contributed by atoms with Crippen molar-refractivity contribution in [3.8, 4) is 28.3 Å². The minimum Gasteiger partial charge on any atom is -0.487 e. The summed E-state index contributed by atoms with van der Waals surface area (Å²) < 4.78 is 37.5. The molecule has 0 amide bonds. The lowest BCUT2D eigenvalue weighted by Crippen LogP contribution is -2.16. The highest BCUT2D eigenvalue weighted by Crippen LogP contribution is 2.40. The summed E-state index contributed by atoms with van der Waals surface area (Å²) in [5, 5.41) is 10.3. The van der Waals surface area contributed by atoms with Crippen LogP contribution in [0, 0.1) is 6.92 Å². The maximum Gasteiger partial charge on any atom is 0.178 e. The van der Waals surface area contributed by atoms with E-state index < -0.39 is 9.84 Å². The van der Waals surface area contributed by atoms with Gasteiger partial charge in [0.2, 0.25) is 0 Å². The van der Waals surface area contributed by atoms with Crippen molar-refractivity contribution in [1.82, 2.24) is 9.71 Å². The van der Waals surface area contributed by atoms with Crippen LogP contribution in [0.1, 0.15) is 19.0 Å². The van der Waals surface area contributed by atoms with Crippen molar-refractivity contribution in [3.63, 3.8) is 0 Å². The van der Waals surface area contributed by atoms with Gasteiger partial charge in [-0.1, -0.05) is 6.92 Å². The Morgan fingerprint density at radius 3 is 2.79 bits per heavy atom. The molecule has 8 heteroatoms. The SMILES string of the molecule is CCS(=O)(=O)c1ccc(OC2CCOC2)c(-c2cc(C)n(O)c3nccc2-3)c1. The molecule has 0 radical (unpaired) electrons. The van der Waals surface area contributed by atoms with Crippen LogP contribution in [0.5, 0.6) is 5.75 Å². The Hall–Kier alpha value is -2.58. The Kier molecular flexibility index (Phi) is 4.76. The Balaban J connectivity index is 1.91. The number of fused-ring (bicyclic) bond motifs is 1. The average molecular weight is 402 g/mol. The number of ether oxygens (including phenoxy) is 2. The number of benzene rings is 1. The Labute approximate surface area is 163 Å². The fourth-order valence-corrected chi connectivity index (χ4v) is 4.32. The van der Waals surface area contributed by atoms with Gasteiger partial charge in [-0.25, -0.2) is 13.4 Å². The molecule has 148 valence electrons. The monoisotopic (exact) mass is 402 g/mol. The third kappa shape index (κ3) is 3.22. The number of pyridine rings is 1. The van der Waals surface area contributed by atoms with Crippen molar-refractivity contribution in [2.45, 2.75) is 31.3 Å². The van der Waals surface area contributed by atoms with Crippen LogP contribution in [0.2, 0.25) is 0 Å². The summed E-state index contributed by atoms with van der Waals surface area (Å²) in [6.45, 7) is 4.53. The van der Waals surface area contributed by atoms with Gasteiger partial charge in [0.25, 0.3) is 0 Å². The molecule has 0 bridgehead atoms. The molecule has 3 aliphatic rings.